The maximum atomic E-state index is 12.0. The SMILES string of the molecule is O=C(I)N(Cc1cccc(-c2ccc3ncnc(NC4CC4)c3c2)c1)C1CC1. The van der Waals surface area contributed by atoms with Crippen molar-refractivity contribution in [3.8, 4) is 11.1 Å². The number of benzene rings is 2. The third-order valence-corrected chi connectivity index (χ3v) is 6.00. The first kappa shape index (κ1) is 17.8. The Kier molecular flexibility index (Phi) is 4.66. The second-order valence-electron chi connectivity index (χ2n) is 7.69. The summed E-state index contributed by atoms with van der Waals surface area (Å²) in [4.78, 5) is 22.8. The number of anilines is 1. The standard InChI is InChI=1S/C22H21IN4O/c23-22(28)27(18-7-8-18)12-14-2-1-3-15(10-14)16-4-9-20-19(11-16)21(25-13-24-20)26-17-5-6-17/h1-4,9-11,13,17-18H,5-8,12H2,(H,24,25,26). The lowest BCUT2D eigenvalue weighted by atomic mass is 10.0. The molecule has 0 saturated heterocycles. The molecule has 0 aliphatic heterocycles. The highest BCUT2D eigenvalue weighted by atomic mass is 127. The van der Waals surface area contributed by atoms with Crippen molar-refractivity contribution in [2.24, 2.45) is 0 Å². The van der Waals surface area contributed by atoms with Crippen LogP contribution in [0.1, 0.15) is 31.2 Å². The molecule has 1 N–H and O–H groups in total. The number of hydrogen-bond acceptors (Lipinski definition) is 4. The second-order valence-corrected chi connectivity index (χ2v) is 8.61. The number of amides is 1. The van der Waals surface area contributed by atoms with Gasteiger partial charge in [0.1, 0.15) is 12.1 Å². The summed E-state index contributed by atoms with van der Waals surface area (Å²) in [6.07, 6.45) is 6.28. The maximum Gasteiger partial charge on any atom is 0.283 e. The molecule has 2 fully saturated rings. The van der Waals surface area contributed by atoms with Gasteiger partial charge in [0.05, 0.1) is 5.52 Å². The van der Waals surface area contributed by atoms with E-state index in [2.05, 4.69) is 57.7 Å². The molecule has 2 aromatic carbocycles. The van der Waals surface area contributed by atoms with Gasteiger partial charge in [0, 0.05) is 46.6 Å². The number of fused-ring (bicyclic) bond motifs is 1. The normalized spacial score (nSPS) is 16.2. The Morgan fingerprint density at radius 3 is 2.64 bits per heavy atom. The molecule has 2 saturated carbocycles. The molecule has 1 aromatic heterocycles. The van der Waals surface area contributed by atoms with Crippen LogP contribution in [0.2, 0.25) is 0 Å². The smallest absolute Gasteiger partial charge is 0.283 e. The summed E-state index contributed by atoms with van der Waals surface area (Å²) in [5, 5.41) is 4.57. The predicted molar refractivity (Wildman–Crippen MR) is 120 cm³/mol. The fourth-order valence-electron chi connectivity index (χ4n) is 3.54. The number of nitrogens with one attached hydrogen (secondary N) is 1. The molecule has 5 rings (SSSR count). The van der Waals surface area contributed by atoms with E-state index < -0.39 is 0 Å². The van der Waals surface area contributed by atoms with Gasteiger partial charge < -0.3 is 10.2 Å². The van der Waals surface area contributed by atoms with E-state index in [1.807, 2.05) is 27.5 Å². The molecule has 0 atom stereocenters. The highest BCUT2D eigenvalue weighted by molar-refractivity contribution is 14.1. The summed E-state index contributed by atoms with van der Waals surface area (Å²) >= 11 is 1.90. The van der Waals surface area contributed by atoms with Crippen molar-refractivity contribution in [3.63, 3.8) is 0 Å². The summed E-state index contributed by atoms with van der Waals surface area (Å²) in [6, 6.07) is 15.8. The van der Waals surface area contributed by atoms with Crippen molar-refractivity contribution in [2.75, 3.05) is 5.32 Å². The Hall–Kier alpha value is -2.22. The topological polar surface area (TPSA) is 58.1 Å². The van der Waals surface area contributed by atoms with E-state index in [0.717, 1.165) is 46.3 Å². The van der Waals surface area contributed by atoms with Crippen molar-refractivity contribution < 1.29 is 4.79 Å². The molecule has 0 unspecified atom stereocenters. The second kappa shape index (κ2) is 7.31. The number of carbonyl (C=O) groups is 1. The highest BCUT2D eigenvalue weighted by Gasteiger charge is 2.31. The number of carbonyl (C=O) groups excluding carboxylic acids is 1. The molecule has 28 heavy (non-hydrogen) atoms. The first-order valence-corrected chi connectivity index (χ1v) is 10.8. The van der Waals surface area contributed by atoms with Gasteiger partial charge in [-0.25, -0.2) is 9.97 Å². The minimum atomic E-state index is 0.129. The average molecular weight is 484 g/mol. The summed E-state index contributed by atoms with van der Waals surface area (Å²) in [6.45, 7) is 0.672. The van der Waals surface area contributed by atoms with Gasteiger partial charge in [-0.05, 0) is 60.6 Å². The van der Waals surface area contributed by atoms with Crippen LogP contribution < -0.4 is 5.32 Å². The van der Waals surface area contributed by atoms with Crippen LogP contribution in [0.5, 0.6) is 0 Å². The van der Waals surface area contributed by atoms with Crippen LogP contribution >= 0.6 is 22.6 Å². The van der Waals surface area contributed by atoms with E-state index in [1.54, 1.807) is 6.33 Å². The molecule has 1 amide bonds. The average Bonchev–Trinajstić information content (AvgIpc) is 3.61. The molecular weight excluding hydrogens is 463 g/mol. The van der Waals surface area contributed by atoms with Gasteiger partial charge in [0.2, 0.25) is 0 Å². The van der Waals surface area contributed by atoms with Crippen molar-refractivity contribution in [1.29, 1.82) is 0 Å². The number of nitrogens with zero attached hydrogens (tertiary/aromatic N) is 3. The largest absolute Gasteiger partial charge is 0.367 e. The van der Waals surface area contributed by atoms with Gasteiger partial charge in [-0.15, -0.1) is 0 Å². The zero-order valence-corrected chi connectivity index (χ0v) is 17.6. The highest BCUT2D eigenvalue weighted by Crippen LogP contribution is 2.32. The minimum absolute atomic E-state index is 0.129. The summed E-state index contributed by atoms with van der Waals surface area (Å²) in [5.41, 5.74) is 4.41. The molecule has 0 spiro atoms. The number of rotatable bonds is 6. The van der Waals surface area contributed by atoms with E-state index in [1.165, 1.54) is 12.8 Å². The molecule has 5 nitrogen and oxygen atoms in total. The van der Waals surface area contributed by atoms with Crippen LogP contribution in [-0.2, 0) is 6.54 Å². The van der Waals surface area contributed by atoms with Gasteiger partial charge in [-0.1, -0.05) is 24.3 Å². The van der Waals surface area contributed by atoms with Crippen molar-refractivity contribution >= 4 is 43.2 Å². The van der Waals surface area contributed by atoms with Crippen molar-refractivity contribution in [1.82, 2.24) is 14.9 Å². The van der Waals surface area contributed by atoms with Crippen LogP contribution in [0.3, 0.4) is 0 Å². The lowest BCUT2D eigenvalue weighted by Gasteiger charge is -2.20. The van der Waals surface area contributed by atoms with Crippen molar-refractivity contribution in [2.45, 2.75) is 44.3 Å². The maximum absolute atomic E-state index is 12.0. The summed E-state index contributed by atoms with van der Waals surface area (Å²) in [5.74, 6) is 0.918. The monoisotopic (exact) mass is 484 g/mol. The van der Waals surface area contributed by atoms with Crippen LogP contribution in [0.25, 0.3) is 22.0 Å². The first-order valence-electron chi connectivity index (χ1n) is 9.74. The third kappa shape index (κ3) is 3.83. The van der Waals surface area contributed by atoms with Gasteiger partial charge in [-0.3, -0.25) is 4.79 Å². The molecule has 1 heterocycles. The first-order chi connectivity index (χ1) is 13.7. The quantitative estimate of drug-likeness (QED) is 0.290. The molecule has 2 aliphatic carbocycles. The summed E-state index contributed by atoms with van der Waals surface area (Å²) in [7, 11) is 0. The van der Waals surface area contributed by atoms with Crippen LogP contribution in [0.15, 0.2) is 48.8 Å². The number of halogens is 1. The van der Waals surface area contributed by atoms with E-state index in [0.29, 0.717) is 18.6 Å². The fraction of sp³-hybridized carbons (Fsp3) is 0.318. The van der Waals surface area contributed by atoms with Crippen LogP contribution in [-0.4, -0.2) is 30.9 Å². The molecule has 0 bridgehead atoms. The Labute approximate surface area is 177 Å². The van der Waals surface area contributed by atoms with Crippen LogP contribution in [0.4, 0.5) is 10.6 Å². The Morgan fingerprint density at radius 2 is 1.89 bits per heavy atom. The lowest BCUT2D eigenvalue weighted by Crippen LogP contribution is -2.27. The molecule has 6 heteroatoms. The lowest BCUT2D eigenvalue weighted by molar-refractivity contribution is 0.221. The van der Waals surface area contributed by atoms with Gasteiger partial charge in [0.25, 0.3) is 3.91 Å². The molecule has 0 radical (unpaired) electrons. The molecular formula is C22H21IN4O. The Balaban J connectivity index is 1.46. The zero-order valence-electron chi connectivity index (χ0n) is 15.4. The third-order valence-electron chi connectivity index (χ3n) is 5.38. The number of hydrogen-bond donors (Lipinski definition) is 1. The van der Waals surface area contributed by atoms with Crippen LogP contribution in [0, 0.1) is 0 Å². The summed E-state index contributed by atoms with van der Waals surface area (Å²) < 4.78 is 0.129. The molecule has 3 aromatic rings. The predicted octanol–water partition coefficient (Wildman–Crippen LogP) is 5.39. The zero-order chi connectivity index (χ0) is 19.1. The van der Waals surface area contributed by atoms with Gasteiger partial charge in [0.15, 0.2) is 0 Å². The fourth-order valence-corrected chi connectivity index (χ4v) is 4.10. The van der Waals surface area contributed by atoms with Gasteiger partial charge >= 0.3 is 0 Å². The van der Waals surface area contributed by atoms with Crippen molar-refractivity contribution in [3.05, 3.63) is 54.4 Å². The van der Waals surface area contributed by atoms with E-state index in [4.69, 9.17) is 0 Å². The molecule has 142 valence electrons. The van der Waals surface area contributed by atoms with Gasteiger partial charge in [-0.2, -0.15) is 0 Å². The Morgan fingerprint density at radius 1 is 1.07 bits per heavy atom. The van der Waals surface area contributed by atoms with E-state index in [-0.39, 0.29) is 3.91 Å². The van der Waals surface area contributed by atoms with E-state index in [9.17, 15) is 4.79 Å². The Bertz CT molecular complexity index is 1050. The van der Waals surface area contributed by atoms with E-state index >= 15 is 0 Å². The minimum Gasteiger partial charge on any atom is -0.367 e. The molecule has 2 aliphatic rings. The number of aromatic nitrogens is 2.